The van der Waals surface area contributed by atoms with Gasteiger partial charge in [0.2, 0.25) is 0 Å². The van der Waals surface area contributed by atoms with E-state index in [9.17, 15) is 4.79 Å². The third kappa shape index (κ3) is 2.37. The summed E-state index contributed by atoms with van der Waals surface area (Å²) in [7, 11) is 0. The quantitative estimate of drug-likeness (QED) is 0.750. The van der Waals surface area contributed by atoms with Gasteiger partial charge in [0.05, 0.1) is 11.8 Å². The highest BCUT2D eigenvalue weighted by Crippen LogP contribution is 2.17. The van der Waals surface area contributed by atoms with Crippen LogP contribution >= 0.6 is 0 Å². The topological polar surface area (TPSA) is 53.8 Å². The lowest BCUT2D eigenvalue weighted by Crippen LogP contribution is -2.12. The lowest BCUT2D eigenvalue weighted by molar-refractivity contribution is 0.0977. The van der Waals surface area contributed by atoms with Crippen molar-refractivity contribution in [1.82, 2.24) is 4.98 Å². The number of hydrogen-bond donors (Lipinski definition) is 0. The second-order valence-corrected chi connectivity index (χ2v) is 3.55. The number of ketones is 1. The van der Waals surface area contributed by atoms with E-state index in [4.69, 9.17) is 5.26 Å². The molecule has 0 bridgehead atoms. The molecule has 1 aromatic heterocycles. The molecule has 17 heavy (non-hydrogen) atoms. The molecule has 2 aromatic rings. The molecule has 82 valence electrons. The summed E-state index contributed by atoms with van der Waals surface area (Å²) in [6, 6.07) is 16.0. The third-order valence-electron chi connectivity index (χ3n) is 2.43. The van der Waals surface area contributed by atoms with E-state index in [1.54, 1.807) is 48.7 Å². The van der Waals surface area contributed by atoms with Crippen molar-refractivity contribution in [3.05, 3.63) is 66.0 Å². The first-order valence-corrected chi connectivity index (χ1v) is 5.22. The molecule has 0 saturated heterocycles. The zero-order chi connectivity index (χ0) is 12.1. The molecule has 0 amide bonds. The minimum atomic E-state index is -0.835. The molecule has 1 heterocycles. The molecule has 0 radical (unpaired) electrons. The summed E-state index contributed by atoms with van der Waals surface area (Å²) in [5.74, 6) is -1.05. The average molecular weight is 222 g/mol. The fourth-order valence-corrected chi connectivity index (χ4v) is 1.57. The number of pyridine rings is 1. The largest absolute Gasteiger partial charge is 0.292 e. The zero-order valence-corrected chi connectivity index (χ0v) is 9.08. The first kappa shape index (κ1) is 11.0. The van der Waals surface area contributed by atoms with Crippen molar-refractivity contribution < 1.29 is 4.79 Å². The van der Waals surface area contributed by atoms with Gasteiger partial charge in [0.25, 0.3) is 0 Å². The normalized spacial score (nSPS) is 11.5. The van der Waals surface area contributed by atoms with Crippen LogP contribution in [0.15, 0.2) is 54.7 Å². The molecule has 1 atom stereocenters. The maximum absolute atomic E-state index is 12.1. The lowest BCUT2D eigenvalue weighted by atomic mass is 9.95. The standard InChI is InChI=1S/C14H10N2O/c15-10-12(13-8-4-5-9-16-13)14(17)11-6-2-1-3-7-11/h1-9,12H. The number of benzene rings is 1. The molecule has 0 fully saturated rings. The summed E-state index contributed by atoms with van der Waals surface area (Å²) in [5.41, 5.74) is 1.02. The number of nitriles is 1. The SMILES string of the molecule is N#CC(C(=O)c1ccccc1)c1ccccn1. The molecule has 0 aliphatic rings. The maximum atomic E-state index is 12.1. The maximum Gasteiger partial charge on any atom is 0.186 e. The minimum Gasteiger partial charge on any atom is -0.292 e. The number of rotatable bonds is 3. The smallest absolute Gasteiger partial charge is 0.186 e. The summed E-state index contributed by atoms with van der Waals surface area (Å²) in [6.45, 7) is 0. The zero-order valence-electron chi connectivity index (χ0n) is 9.08. The highest BCUT2D eigenvalue weighted by atomic mass is 16.1. The minimum absolute atomic E-state index is 0.216. The summed E-state index contributed by atoms with van der Waals surface area (Å²) in [5, 5.41) is 9.10. The van der Waals surface area contributed by atoms with Crippen LogP contribution in [0.4, 0.5) is 0 Å². The number of carbonyl (C=O) groups excluding carboxylic acids is 1. The number of aromatic nitrogens is 1. The Kier molecular flexibility index (Phi) is 3.27. The predicted octanol–water partition coefficient (Wildman–Crippen LogP) is 2.57. The Morgan fingerprint density at radius 2 is 1.82 bits per heavy atom. The molecule has 0 aliphatic heterocycles. The number of carbonyl (C=O) groups is 1. The van der Waals surface area contributed by atoms with Crippen LogP contribution in [-0.2, 0) is 0 Å². The van der Waals surface area contributed by atoms with Gasteiger partial charge in [-0.25, -0.2) is 0 Å². The van der Waals surface area contributed by atoms with Gasteiger partial charge < -0.3 is 0 Å². The van der Waals surface area contributed by atoms with Crippen LogP contribution in [0.3, 0.4) is 0 Å². The second kappa shape index (κ2) is 5.04. The Morgan fingerprint density at radius 1 is 1.12 bits per heavy atom. The summed E-state index contributed by atoms with van der Waals surface area (Å²) in [6.07, 6.45) is 1.58. The van der Waals surface area contributed by atoms with Crippen LogP contribution in [0.5, 0.6) is 0 Å². The fourth-order valence-electron chi connectivity index (χ4n) is 1.57. The van der Waals surface area contributed by atoms with E-state index >= 15 is 0 Å². The van der Waals surface area contributed by atoms with Crippen molar-refractivity contribution in [3.63, 3.8) is 0 Å². The third-order valence-corrected chi connectivity index (χ3v) is 2.43. The van der Waals surface area contributed by atoms with Gasteiger partial charge in [-0.1, -0.05) is 36.4 Å². The van der Waals surface area contributed by atoms with Gasteiger partial charge in [-0.3, -0.25) is 9.78 Å². The number of Topliss-reactive ketones (excluding diaryl/α,β-unsaturated/α-hetero) is 1. The summed E-state index contributed by atoms with van der Waals surface area (Å²) < 4.78 is 0. The van der Waals surface area contributed by atoms with E-state index in [1.165, 1.54) is 0 Å². The first-order chi connectivity index (χ1) is 8.33. The number of nitrogens with zero attached hydrogens (tertiary/aromatic N) is 2. The summed E-state index contributed by atoms with van der Waals surface area (Å²) in [4.78, 5) is 16.2. The molecule has 0 saturated carbocycles. The molecular weight excluding hydrogens is 212 g/mol. The van der Waals surface area contributed by atoms with E-state index < -0.39 is 5.92 Å². The second-order valence-electron chi connectivity index (χ2n) is 3.55. The van der Waals surface area contributed by atoms with Crippen LogP contribution in [0.2, 0.25) is 0 Å². The molecule has 1 unspecified atom stereocenters. The Morgan fingerprint density at radius 3 is 2.41 bits per heavy atom. The van der Waals surface area contributed by atoms with Crippen molar-refractivity contribution in [2.75, 3.05) is 0 Å². The van der Waals surface area contributed by atoms with E-state index in [1.807, 2.05) is 12.1 Å². The van der Waals surface area contributed by atoms with Gasteiger partial charge in [-0.2, -0.15) is 5.26 Å². The molecule has 3 nitrogen and oxygen atoms in total. The van der Waals surface area contributed by atoms with Gasteiger partial charge >= 0.3 is 0 Å². The molecule has 3 heteroatoms. The first-order valence-electron chi connectivity index (χ1n) is 5.22. The Labute approximate surface area is 99.4 Å². The van der Waals surface area contributed by atoms with Gasteiger partial charge in [0.15, 0.2) is 11.7 Å². The van der Waals surface area contributed by atoms with Crippen molar-refractivity contribution in [2.45, 2.75) is 5.92 Å². The van der Waals surface area contributed by atoms with Crippen LogP contribution < -0.4 is 0 Å². The van der Waals surface area contributed by atoms with Crippen LogP contribution in [0, 0.1) is 11.3 Å². The van der Waals surface area contributed by atoms with Crippen molar-refractivity contribution in [1.29, 1.82) is 5.26 Å². The van der Waals surface area contributed by atoms with E-state index in [0.717, 1.165) is 0 Å². The van der Waals surface area contributed by atoms with Crippen molar-refractivity contribution in [2.24, 2.45) is 0 Å². The van der Waals surface area contributed by atoms with Crippen LogP contribution in [-0.4, -0.2) is 10.8 Å². The molecule has 0 aliphatic carbocycles. The van der Waals surface area contributed by atoms with Crippen LogP contribution in [0.1, 0.15) is 22.0 Å². The van der Waals surface area contributed by atoms with Gasteiger partial charge in [0, 0.05) is 11.8 Å². The van der Waals surface area contributed by atoms with E-state index in [-0.39, 0.29) is 5.78 Å². The fraction of sp³-hybridized carbons (Fsp3) is 0.0714. The Bertz CT molecular complexity index is 543. The number of hydrogen-bond acceptors (Lipinski definition) is 3. The Balaban J connectivity index is 2.33. The molecule has 0 N–H and O–H groups in total. The molecule has 1 aromatic carbocycles. The lowest BCUT2D eigenvalue weighted by Gasteiger charge is -2.06. The van der Waals surface area contributed by atoms with Crippen molar-refractivity contribution in [3.8, 4) is 6.07 Å². The predicted molar refractivity (Wildman–Crippen MR) is 63.4 cm³/mol. The summed E-state index contributed by atoms with van der Waals surface area (Å²) >= 11 is 0. The molecular formula is C14H10N2O. The van der Waals surface area contributed by atoms with Gasteiger partial charge in [-0.05, 0) is 12.1 Å². The average Bonchev–Trinajstić information content (AvgIpc) is 2.42. The molecule has 2 rings (SSSR count). The van der Waals surface area contributed by atoms with Crippen LogP contribution in [0.25, 0.3) is 0 Å². The van der Waals surface area contributed by atoms with E-state index in [0.29, 0.717) is 11.3 Å². The Hall–Kier alpha value is -2.47. The van der Waals surface area contributed by atoms with Crippen molar-refractivity contribution >= 4 is 5.78 Å². The molecule has 0 spiro atoms. The highest BCUT2D eigenvalue weighted by Gasteiger charge is 2.22. The highest BCUT2D eigenvalue weighted by molar-refractivity contribution is 6.02. The van der Waals surface area contributed by atoms with Gasteiger partial charge in [0.1, 0.15) is 0 Å². The monoisotopic (exact) mass is 222 g/mol. The van der Waals surface area contributed by atoms with Gasteiger partial charge in [-0.15, -0.1) is 0 Å². The van der Waals surface area contributed by atoms with E-state index in [2.05, 4.69) is 4.98 Å².